The van der Waals surface area contributed by atoms with Gasteiger partial charge in [-0.05, 0) is 0 Å². The molecule has 13 aromatic rings. The average molecular weight is 842 g/mol. The number of hydrogen-bond donors (Lipinski definition) is 0. The summed E-state index contributed by atoms with van der Waals surface area (Å²) in [6, 6.07) is 77.3. The van der Waals surface area contributed by atoms with Crippen LogP contribution in [-0.4, -0.2) is 14.5 Å². The Morgan fingerprint density at radius 1 is 0.283 bits per heavy atom. The molecule has 2 aromatic heterocycles. The van der Waals surface area contributed by atoms with E-state index in [1.54, 1.807) is 0 Å². The molecule has 11 aromatic carbocycles. The first-order valence-corrected chi connectivity index (χ1v) is 23.1. The molecule has 60 heavy (non-hydrogen) atoms. The molecule has 0 radical (unpaired) electrons. The van der Waals surface area contributed by atoms with Crippen LogP contribution in [0.25, 0.3) is 127 Å². The van der Waals surface area contributed by atoms with Crippen molar-refractivity contribution < 1.29 is 0 Å². The van der Waals surface area contributed by atoms with Crippen LogP contribution >= 0.6 is 11.3 Å². The second-order valence-electron chi connectivity index (χ2n) is 15.8. The van der Waals surface area contributed by atoms with Crippen LogP contribution in [0.5, 0.6) is 0 Å². The zero-order valence-corrected chi connectivity index (χ0v) is 35.0. The number of benzene rings is 11. The summed E-state index contributed by atoms with van der Waals surface area (Å²) in [6.45, 7) is 0. The minimum atomic E-state index is 0.197. The summed E-state index contributed by atoms with van der Waals surface area (Å²) < 4.78 is 5.58. The standard InChI is InChI=1S/C58H34SSe/c1-2-16-35(17-3-1)53-38-19-4-6-21-40(38)54(41-22-7-5-20-39(41)53)36-32-33-51-49(34-36)57-47(28-15-31-52(57)60-51)55-42-23-8-10-25-44(42)56(45-26-11-9-24-43(45)55)48-29-14-27-46-37-18-12-13-30-50(37)59-58(46)48/h1-34H. The van der Waals surface area contributed by atoms with E-state index in [1.807, 2.05) is 11.3 Å². The van der Waals surface area contributed by atoms with Gasteiger partial charge in [0.1, 0.15) is 0 Å². The van der Waals surface area contributed by atoms with Crippen molar-refractivity contribution in [1.82, 2.24) is 0 Å². The van der Waals surface area contributed by atoms with E-state index in [-0.39, 0.29) is 14.5 Å². The zero-order chi connectivity index (χ0) is 39.3. The second kappa shape index (κ2) is 13.4. The molecule has 0 amide bonds. The first kappa shape index (κ1) is 34.1. The molecule has 13 rings (SSSR count). The zero-order valence-electron chi connectivity index (χ0n) is 32.4. The predicted molar refractivity (Wildman–Crippen MR) is 263 cm³/mol. The fourth-order valence-corrected chi connectivity index (χ4v) is 13.8. The molecule has 2 heterocycles. The number of rotatable bonds is 4. The molecule has 0 unspecified atom stereocenters. The molecule has 0 bridgehead atoms. The summed E-state index contributed by atoms with van der Waals surface area (Å²) in [5.74, 6) is 0. The number of hydrogen-bond acceptors (Lipinski definition) is 1. The maximum absolute atomic E-state index is 2.52. The van der Waals surface area contributed by atoms with E-state index in [4.69, 9.17) is 0 Å². The van der Waals surface area contributed by atoms with Crippen LogP contribution in [0, 0.1) is 0 Å². The average Bonchev–Trinajstić information content (AvgIpc) is 3.89. The van der Waals surface area contributed by atoms with Crippen molar-refractivity contribution in [3.05, 3.63) is 206 Å². The van der Waals surface area contributed by atoms with Crippen LogP contribution in [0.2, 0.25) is 0 Å². The first-order chi connectivity index (χ1) is 29.8. The van der Waals surface area contributed by atoms with Crippen LogP contribution in [-0.2, 0) is 0 Å². The van der Waals surface area contributed by atoms with Crippen molar-refractivity contribution in [1.29, 1.82) is 0 Å². The summed E-state index contributed by atoms with van der Waals surface area (Å²) in [6.07, 6.45) is 0. The molecular formula is C58H34SSe. The van der Waals surface area contributed by atoms with Crippen LogP contribution in [0.3, 0.4) is 0 Å². The van der Waals surface area contributed by atoms with Gasteiger partial charge in [-0.15, -0.1) is 0 Å². The molecule has 0 saturated heterocycles. The maximum atomic E-state index is 2.52. The molecule has 0 aliphatic heterocycles. The molecule has 2 heteroatoms. The van der Waals surface area contributed by atoms with Gasteiger partial charge in [0.15, 0.2) is 0 Å². The quantitative estimate of drug-likeness (QED) is 0.122. The van der Waals surface area contributed by atoms with Gasteiger partial charge in [-0.1, -0.05) is 12.1 Å². The van der Waals surface area contributed by atoms with Gasteiger partial charge in [-0.3, -0.25) is 0 Å². The van der Waals surface area contributed by atoms with Crippen LogP contribution in [0.1, 0.15) is 0 Å². The fraction of sp³-hybridized carbons (Fsp3) is 0. The molecule has 0 N–H and O–H groups in total. The molecule has 0 fully saturated rings. The van der Waals surface area contributed by atoms with Crippen molar-refractivity contribution in [3.63, 3.8) is 0 Å². The van der Waals surface area contributed by atoms with Crippen molar-refractivity contribution >= 4 is 108 Å². The predicted octanol–water partition coefficient (Wildman–Crippen LogP) is 16.7. The van der Waals surface area contributed by atoms with Gasteiger partial charge in [-0.25, -0.2) is 0 Å². The van der Waals surface area contributed by atoms with Crippen LogP contribution in [0.15, 0.2) is 206 Å². The van der Waals surface area contributed by atoms with E-state index in [0.717, 1.165) is 0 Å². The summed E-state index contributed by atoms with van der Waals surface area (Å²) in [4.78, 5) is 0. The van der Waals surface area contributed by atoms with Crippen molar-refractivity contribution in [3.8, 4) is 44.5 Å². The monoisotopic (exact) mass is 842 g/mol. The van der Waals surface area contributed by atoms with E-state index in [9.17, 15) is 0 Å². The van der Waals surface area contributed by atoms with E-state index in [0.29, 0.717) is 0 Å². The Bertz CT molecular complexity index is 3770. The molecule has 0 aliphatic rings. The van der Waals surface area contributed by atoms with Crippen LogP contribution < -0.4 is 0 Å². The van der Waals surface area contributed by atoms with Gasteiger partial charge in [-0.2, -0.15) is 0 Å². The molecule has 278 valence electrons. The Hall–Kier alpha value is -6.80. The van der Waals surface area contributed by atoms with E-state index in [1.165, 1.54) is 127 Å². The van der Waals surface area contributed by atoms with Gasteiger partial charge in [0.05, 0.1) is 0 Å². The molecule has 0 aliphatic carbocycles. The minimum absolute atomic E-state index is 0.197. The third-order valence-electron chi connectivity index (χ3n) is 12.7. The fourth-order valence-electron chi connectivity index (χ4n) is 10.2. The van der Waals surface area contributed by atoms with Crippen LogP contribution in [0.4, 0.5) is 0 Å². The van der Waals surface area contributed by atoms with Gasteiger partial charge >= 0.3 is 347 Å². The summed E-state index contributed by atoms with van der Waals surface area (Å²) in [5.41, 5.74) is 10.4. The Morgan fingerprint density at radius 3 is 1.37 bits per heavy atom. The number of fused-ring (bicyclic) bond motifs is 10. The second-order valence-corrected chi connectivity index (χ2v) is 19.1. The molecule has 0 atom stereocenters. The molecule has 0 saturated carbocycles. The SMILES string of the molecule is c1ccc(-c2c3ccccc3c(-c3ccc4[se]c5cccc(-c6c7ccccc7c(-c7cccc8c7sc7ccccc78)c7ccccc67)c5c4c3)c3ccccc23)cc1. The topological polar surface area (TPSA) is 0 Å². The van der Waals surface area contributed by atoms with Gasteiger partial charge in [0.25, 0.3) is 0 Å². The van der Waals surface area contributed by atoms with Crippen molar-refractivity contribution in [2.24, 2.45) is 0 Å². The Balaban J connectivity index is 1.10. The Morgan fingerprint density at radius 2 is 0.750 bits per heavy atom. The van der Waals surface area contributed by atoms with E-state index >= 15 is 0 Å². The molecule has 0 spiro atoms. The third kappa shape index (κ3) is 4.97. The molecular weight excluding hydrogens is 808 g/mol. The van der Waals surface area contributed by atoms with Crippen molar-refractivity contribution in [2.45, 2.75) is 0 Å². The first-order valence-electron chi connectivity index (χ1n) is 20.6. The van der Waals surface area contributed by atoms with Gasteiger partial charge < -0.3 is 0 Å². The Labute approximate surface area is 357 Å². The summed E-state index contributed by atoms with van der Waals surface area (Å²) >= 11 is 2.11. The van der Waals surface area contributed by atoms with E-state index < -0.39 is 0 Å². The van der Waals surface area contributed by atoms with Crippen molar-refractivity contribution in [2.75, 3.05) is 0 Å². The summed E-state index contributed by atoms with van der Waals surface area (Å²) in [5, 5.41) is 15.7. The summed E-state index contributed by atoms with van der Waals surface area (Å²) in [7, 11) is 0. The molecule has 0 nitrogen and oxygen atoms in total. The Kier molecular flexibility index (Phi) is 7.59. The van der Waals surface area contributed by atoms with Gasteiger partial charge in [0.2, 0.25) is 0 Å². The third-order valence-corrected chi connectivity index (χ3v) is 16.3. The van der Waals surface area contributed by atoms with Gasteiger partial charge in [0, 0.05) is 0 Å². The normalized spacial score (nSPS) is 12.0. The number of thiophene rings is 1. The van der Waals surface area contributed by atoms with E-state index in [2.05, 4.69) is 206 Å².